The first-order valence-corrected chi connectivity index (χ1v) is 6.24. The van der Waals surface area contributed by atoms with E-state index in [4.69, 9.17) is 0 Å². The van der Waals surface area contributed by atoms with E-state index in [0.717, 1.165) is 31.7 Å². The standard InChI is InChI=1S/C13H19N3O2/c17-13(18)12(10-11-4-2-1-3-5-11)15-16-8-6-14-7-9-16/h1-5,12,14-15H,6-10H2,(H,17,18)/t12-/m0/s1. The second kappa shape index (κ2) is 6.49. The monoisotopic (exact) mass is 249 g/mol. The van der Waals surface area contributed by atoms with E-state index in [1.807, 2.05) is 35.3 Å². The second-order valence-electron chi connectivity index (χ2n) is 4.45. The third-order valence-corrected chi connectivity index (χ3v) is 3.04. The fourth-order valence-electron chi connectivity index (χ4n) is 2.05. The third-order valence-electron chi connectivity index (χ3n) is 3.04. The van der Waals surface area contributed by atoms with Gasteiger partial charge in [-0.25, -0.2) is 10.4 Å². The van der Waals surface area contributed by atoms with Crippen LogP contribution in [0, 0.1) is 0 Å². The Labute approximate surface area is 107 Å². The lowest BCUT2D eigenvalue weighted by Gasteiger charge is -2.30. The summed E-state index contributed by atoms with van der Waals surface area (Å²) in [5.74, 6) is -0.808. The summed E-state index contributed by atoms with van der Waals surface area (Å²) in [6.45, 7) is 3.45. The van der Waals surface area contributed by atoms with Crippen LogP contribution in [0.1, 0.15) is 5.56 Å². The highest BCUT2D eigenvalue weighted by Crippen LogP contribution is 2.04. The first kappa shape index (κ1) is 13.0. The van der Waals surface area contributed by atoms with Crippen molar-refractivity contribution < 1.29 is 9.90 Å². The molecule has 3 N–H and O–H groups in total. The molecular weight excluding hydrogens is 230 g/mol. The fourth-order valence-corrected chi connectivity index (χ4v) is 2.05. The number of carbonyl (C=O) groups is 1. The molecule has 18 heavy (non-hydrogen) atoms. The van der Waals surface area contributed by atoms with Gasteiger partial charge in [0, 0.05) is 26.2 Å². The molecule has 0 aromatic heterocycles. The van der Waals surface area contributed by atoms with Gasteiger partial charge < -0.3 is 10.4 Å². The molecule has 1 aliphatic rings. The molecule has 0 unspecified atom stereocenters. The van der Waals surface area contributed by atoms with Crippen LogP contribution in [0.25, 0.3) is 0 Å². The maximum absolute atomic E-state index is 11.3. The molecule has 5 nitrogen and oxygen atoms in total. The number of piperazine rings is 1. The van der Waals surface area contributed by atoms with Crippen molar-refractivity contribution in [3.05, 3.63) is 35.9 Å². The van der Waals surface area contributed by atoms with Gasteiger partial charge in [-0.05, 0) is 12.0 Å². The smallest absolute Gasteiger partial charge is 0.322 e. The zero-order valence-electron chi connectivity index (χ0n) is 10.3. The molecule has 0 bridgehead atoms. The van der Waals surface area contributed by atoms with E-state index in [-0.39, 0.29) is 0 Å². The summed E-state index contributed by atoms with van der Waals surface area (Å²) in [6, 6.07) is 9.14. The minimum Gasteiger partial charge on any atom is -0.480 e. The Kier molecular flexibility index (Phi) is 4.69. The van der Waals surface area contributed by atoms with Crippen molar-refractivity contribution in [2.75, 3.05) is 26.2 Å². The molecule has 0 aliphatic carbocycles. The summed E-state index contributed by atoms with van der Waals surface area (Å²) in [5.41, 5.74) is 4.13. The normalized spacial score (nSPS) is 18.4. The van der Waals surface area contributed by atoms with Crippen LogP contribution in [0.5, 0.6) is 0 Å². The highest BCUT2D eigenvalue weighted by atomic mass is 16.4. The Morgan fingerprint density at radius 3 is 2.61 bits per heavy atom. The van der Waals surface area contributed by atoms with Gasteiger partial charge in [-0.3, -0.25) is 4.79 Å². The van der Waals surface area contributed by atoms with Crippen LogP contribution >= 0.6 is 0 Å². The van der Waals surface area contributed by atoms with Crippen molar-refractivity contribution in [3.8, 4) is 0 Å². The van der Waals surface area contributed by atoms with E-state index in [2.05, 4.69) is 10.7 Å². The number of hydrogen-bond acceptors (Lipinski definition) is 4. The Hall–Kier alpha value is -1.43. The molecule has 0 radical (unpaired) electrons. The molecule has 1 saturated heterocycles. The third kappa shape index (κ3) is 3.80. The topological polar surface area (TPSA) is 64.6 Å². The summed E-state index contributed by atoms with van der Waals surface area (Å²) in [6.07, 6.45) is 0.500. The molecule has 2 rings (SSSR count). The lowest BCUT2D eigenvalue weighted by molar-refractivity contribution is -0.141. The maximum atomic E-state index is 11.3. The number of hydrogen-bond donors (Lipinski definition) is 3. The van der Waals surface area contributed by atoms with Crippen LogP contribution < -0.4 is 10.7 Å². The SMILES string of the molecule is O=C(O)[C@H](Cc1ccccc1)NN1CCNCC1. The Bertz CT molecular complexity index is 377. The minimum absolute atomic E-state index is 0.500. The molecule has 1 aromatic rings. The lowest BCUT2D eigenvalue weighted by atomic mass is 10.1. The zero-order valence-corrected chi connectivity index (χ0v) is 10.3. The van der Waals surface area contributed by atoms with Gasteiger partial charge in [0.1, 0.15) is 6.04 Å². The van der Waals surface area contributed by atoms with E-state index in [0.29, 0.717) is 6.42 Å². The molecule has 0 spiro atoms. The molecule has 0 saturated carbocycles. The van der Waals surface area contributed by atoms with Crippen molar-refractivity contribution in [3.63, 3.8) is 0 Å². The molecule has 98 valence electrons. The predicted octanol–water partition coefficient (Wildman–Crippen LogP) is 0.0921. The van der Waals surface area contributed by atoms with Gasteiger partial charge in [-0.1, -0.05) is 30.3 Å². The quantitative estimate of drug-likeness (QED) is 0.690. The summed E-state index contributed by atoms with van der Waals surface area (Å²) in [7, 11) is 0. The van der Waals surface area contributed by atoms with Crippen LogP contribution in [0.2, 0.25) is 0 Å². The molecule has 5 heteroatoms. The van der Waals surface area contributed by atoms with Gasteiger partial charge in [-0.15, -0.1) is 0 Å². The number of aliphatic carboxylic acids is 1. The van der Waals surface area contributed by atoms with Gasteiger partial charge in [0.05, 0.1) is 0 Å². The predicted molar refractivity (Wildman–Crippen MR) is 69.1 cm³/mol. The average Bonchev–Trinajstić information content (AvgIpc) is 2.40. The molecule has 1 fully saturated rings. The number of nitrogens with zero attached hydrogens (tertiary/aromatic N) is 1. The van der Waals surface area contributed by atoms with Crippen LogP contribution in [0.3, 0.4) is 0 Å². The van der Waals surface area contributed by atoms with Crippen molar-refractivity contribution >= 4 is 5.97 Å². The van der Waals surface area contributed by atoms with Crippen molar-refractivity contribution in [1.82, 2.24) is 15.8 Å². The number of carboxylic acid groups (broad SMARTS) is 1. The van der Waals surface area contributed by atoms with Crippen LogP contribution in [0.4, 0.5) is 0 Å². The van der Waals surface area contributed by atoms with Crippen molar-refractivity contribution in [1.29, 1.82) is 0 Å². The molecule has 1 aliphatic heterocycles. The Balaban J connectivity index is 1.93. The lowest BCUT2D eigenvalue weighted by Crippen LogP contribution is -2.55. The zero-order chi connectivity index (χ0) is 12.8. The van der Waals surface area contributed by atoms with Crippen molar-refractivity contribution in [2.45, 2.75) is 12.5 Å². The van der Waals surface area contributed by atoms with Gasteiger partial charge in [-0.2, -0.15) is 0 Å². The fraction of sp³-hybridized carbons (Fsp3) is 0.462. The number of carboxylic acids is 1. The number of hydrazine groups is 1. The molecule has 0 amide bonds. The highest BCUT2D eigenvalue weighted by Gasteiger charge is 2.21. The summed E-state index contributed by atoms with van der Waals surface area (Å²) >= 11 is 0. The molecule has 1 heterocycles. The Morgan fingerprint density at radius 1 is 1.33 bits per heavy atom. The van der Waals surface area contributed by atoms with Crippen molar-refractivity contribution in [2.24, 2.45) is 0 Å². The maximum Gasteiger partial charge on any atom is 0.322 e. The van der Waals surface area contributed by atoms with Crippen LogP contribution in [0.15, 0.2) is 30.3 Å². The van der Waals surface area contributed by atoms with Crippen LogP contribution in [-0.2, 0) is 11.2 Å². The van der Waals surface area contributed by atoms with Crippen LogP contribution in [-0.4, -0.2) is 48.3 Å². The average molecular weight is 249 g/mol. The van der Waals surface area contributed by atoms with Gasteiger partial charge in [0.15, 0.2) is 0 Å². The largest absolute Gasteiger partial charge is 0.480 e. The minimum atomic E-state index is -0.808. The summed E-state index contributed by atoms with van der Waals surface area (Å²) in [4.78, 5) is 11.3. The molecule has 1 aromatic carbocycles. The highest BCUT2D eigenvalue weighted by molar-refractivity contribution is 5.73. The Morgan fingerprint density at radius 2 is 2.00 bits per heavy atom. The number of rotatable bonds is 5. The van der Waals surface area contributed by atoms with Gasteiger partial charge >= 0.3 is 5.97 Å². The van der Waals surface area contributed by atoms with E-state index in [1.54, 1.807) is 0 Å². The van der Waals surface area contributed by atoms with E-state index in [1.165, 1.54) is 0 Å². The first-order valence-electron chi connectivity index (χ1n) is 6.24. The van der Waals surface area contributed by atoms with E-state index in [9.17, 15) is 9.90 Å². The molecular formula is C13H19N3O2. The summed E-state index contributed by atoms with van der Waals surface area (Å²) < 4.78 is 0. The molecule has 1 atom stereocenters. The number of nitrogens with one attached hydrogen (secondary N) is 2. The second-order valence-corrected chi connectivity index (χ2v) is 4.45. The van der Waals surface area contributed by atoms with Gasteiger partial charge in [0.2, 0.25) is 0 Å². The van der Waals surface area contributed by atoms with E-state index < -0.39 is 12.0 Å². The van der Waals surface area contributed by atoms with E-state index >= 15 is 0 Å². The number of benzene rings is 1. The summed E-state index contributed by atoms with van der Waals surface area (Å²) in [5, 5.41) is 14.5. The first-order chi connectivity index (χ1) is 8.75. The van der Waals surface area contributed by atoms with Gasteiger partial charge in [0.25, 0.3) is 0 Å².